The van der Waals surface area contributed by atoms with Gasteiger partial charge in [0.15, 0.2) is 6.17 Å². The Bertz CT molecular complexity index is 785. The molecular formula is C17H21F2N5O4. The van der Waals surface area contributed by atoms with Gasteiger partial charge in [-0.05, 0) is 23.7 Å². The quantitative estimate of drug-likeness (QED) is 0.318. The van der Waals surface area contributed by atoms with Crippen molar-refractivity contribution in [2.75, 3.05) is 50.2 Å². The molecule has 1 amide bonds. The zero-order valence-corrected chi connectivity index (χ0v) is 15.5. The molecule has 0 N–H and O–H groups in total. The molecule has 2 saturated heterocycles. The normalized spacial score (nSPS) is 24.1. The summed E-state index contributed by atoms with van der Waals surface area (Å²) in [6.45, 7) is 0.416. The highest BCUT2D eigenvalue weighted by Gasteiger charge is 2.45. The topological polar surface area (TPSA) is 100 Å². The molecule has 2 aliphatic rings. The molecule has 1 aromatic carbocycles. The van der Waals surface area contributed by atoms with E-state index in [-0.39, 0.29) is 31.7 Å². The van der Waals surface area contributed by atoms with E-state index in [4.69, 9.17) is 19.7 Å². The Morgan fingerprint density at radius 1 is 1.39 bits per heavy atom. The minimum atomic E-state index is -1.45. The number of halogens is 2. The number of amides is 1. The first-order chi connectivity index (χ1) is 13.4. The molecule has 2 aliphatic heterocycles. The van der Waals surface area contributed by atoms with E-state index in [1.165, 1.54) is 31.3 Å². The van der Waals surface area contributed by atoms with Crippen molar-refractivity contribution in [1.82, 2.24) is 0 Å². The molecule has 2 heterocycles. The van der Waals surface area contributed by atoms with Crippen molar-refractivity contribution in [3.8, 4) is 0 Å². The van der Waals surface area contributed by atoms with E-state index < -0.39 is 30.0 Å². The first-order valence-electron chi connectivity index (χ1n) is 8.72. The Morgan fingerprint density at radius 2 is 2.14 bits per heavy atom. The lowest BCUT2D eigenvalue weighted by Gasteiger charge is -2.43. The van der Waals surface area contributed by atoms with Gasteiger partial charge in [-0.2, -0.15) is 0 Å². The zero-order valence-electron chi connectivity index (χ0n) is 15.5. The second kappa shape index (κ2) is 8.17. The summed E-state index contributed by atoms with van der Waals surface area (Å²) < 4.78 is 44.8. The zero-order chi connectivity index (χ0) is 20.3. The lowest BCUT2D eigenvalue weighted by molar-refractivity contribution is -0.249. The molecule has 152 valence electrons. The van der Waals surface area contributed by atoms with Gasteiger partial charge in [-0.15, -0.1) is 0 Å². The first-order valence-corrected chi connectivity index (χ1v) is 8.72. The van der Waals surface area contributed by atoms with Gasteiger partial charge in [-0.3, -0.25) is 4.90 Å². The van der Waals surface area contributed by atoms with Crippen molar-refractivity contribution >= 4 is 17.5 Å². The van der Waals surface area contributed by atoms with Gasteiger partial charge < -0.3 is 19.1 Å². The Morgan fingerprint density at radius 3 is 2.75 bits per heavy atom. The Kier molecular flexibility index (Phi) is 5.87. The number of azide groups is 1. The maximum Gasteiger partial charge on any atom is 0.414 e. The van der Waals surface area contributed by atoms with Crippen LogP contribution < -0.4 is 9.80 Å². The molecule has 2 fully saturated rings. The third kappa shape index (κ3) is 3.68. The molecule has 3 rings (SSSR count). The molecule has 0 bridgehead atoms. The molecule has 2 atom stereocenters. The number of piperidine rings is 1. The number of benzene rings is 1. The monoisotopic (exact) mass is 397 g/mol. The van der Waals surface area contributed by atoms with Gasteiger partial charge in [0.1, 0.15) is 11.9 Å². The summed E-state index contributed by atoms with van der Waals surface area (Å²) in [7, 11) is 2.76. The van der Waals surface area contributed by atoms with Gasteiger partial charge in [0.2, 0.25) is 5.79 Å². The van der Waals surface area contributed by atoms with Crippen LogP contribution in [0, 0.1) is 5.82 Å². The van der Waals surface area contributed by atoms with E-state index in [0.717, 1.165) is 0 Å². The molecule has 9 nitrogen and oxygen atoms in total. The summed E-state index contributed by atoms with van der Waals surface area (Å²) in [5.74, 6) is -1.91. The molecule has 1 aromatic rings. The number of methoxy groups -OCH3 is 2. The van der Waals surface area contributed by atoms with Crippen molar-refractivity contribution in [3.05, 3.63) is 34.5 Å². The van der Waals surface area contributed by atoms with Crippen LogP contribution in [0.2, 0.25) is 0 Å². The molecule has 28 heavy (non-hydrogen) atoms. The van der Waals surface area contributed by atoms with Crippen molar-refractivity contribution in [3.63, 3.8) is 0 Å². The summed E-state index contributed by atoms with van der Waals surface area (Å²) in [5.41, 5.74) is 8.90. The number of rotatable bonds is 6. The number of cyclic esters (lactones) is 1. The number of hydrogen-bond acceptors (Lipinski definition) is 6. The SMILES string of the molecule is COC1(OC)CCN(c2ccc(N3C[C@@H](CN=[N+]=[N-])OC3=O)cc2F)CC1F. The van der Waals surface area contributed by atoms with Gasteiger partial charge in [-0.1, -0.05) is 5.11 Å². The molecule has 0 spiro atoms. The maximum absolute atomic E-state index is 14.7. The highest BCUT2D eigenvalue weighted by molar-refractivity contribution is 5.90. The fourth-order valence-corrected chi connectivity index (χ4v) is 3.51. The second-order valence-corrected chi connectivity index (χ2v) is 6.55. The largest absolute Gasteiger partial charge is 0.444 e. The van der Waals surface area contributed by atoms with Crippen LogP contribution >= 0.6 is 0 Å². The van der Waals surface area contributed by atoms with Crippen LogP contribution in [0.25, 0.3) is 10.4 Å². The van der Waals surface area contributed by atoms with Crippen LogP contribution in [0.4, 0.5) is 25.0 Å². The van der Waals surface area contributed by atoms with E-state index in [1.54, 1.807) is 11.0 Å². The third-order valence-corrected chi connectivity index (χ3v) is 5.09. The number of hydrogen-bond donors (Lipinski definition) is 0. The summed E-state index contributed by atoms with van der Waals surface area (Å²) in [4.78, 5) is 17.5. The van der Waals surface area contributed by atoms with Gasteiger partial charge >= 0.3 is 6.09 Å². The van der Waals surface area contributed by atoms with Crippen molar-refractivity contribution in [2.24, 2.45) is 5.11 Å². The van der Waals surface area contributed by atoms with Gasteiger partial charge in [-0.25, -0.2) is 13.6 Å². The summed E-state index contributed by atoms with van der Waals surface area (Å²) >= 11 is 0. The smallest absolute Gasteiger partial charge is 0.414 e. The van der Waals surface area contributed by atoms with Crippen molar-refractivity contribution < 1.29 is 27.8 Å². The maximum atomic E-state index is 14.7. The average Bonchev–Trinajstić information content (AvgIpc) is 3.07. The minimum absolute atomic E-state index is 0.00568. The predicted octanol–water partition coefficient (Wildman–Crippen LogP) is 3.00. The van der Waals surface area contributed by atoms with Crippen LogP contribution in [0.15, 0.2) is 23.3 Å². The Hall–Kier alpha value is -2.62. The van der Waals surface area contributed by atoms with Crippen LogP contribution in [-0.4, -0.2) is 64.6 Å². The first kappa shape index (κ1) is 20.1. The molecule has 0 aromatic heterocycles. The van der Waals surface area contributed by atoms with Crippen LogP contribution in [0.5, 0.6) is 0 Å². The van der Waals surface area contributed by atoms with Gasteiger partial charge in [0.25, 0.3) is 0 Å². The Labute approximate surface area is 160 Å². The highest BCUT2D eigenvalue weighted by Crippen LogP contribution is 2.34. The summed E-state index contributed by atoms with van der Waals surface area (Å²) in [6, 6.07) is 4.27. The van der Waals surface area contributed by atoms with Crippen LogP contribution in [0.3, 0.4) is 0 Å². The van der Waals surface area contributed by atoms with E-state index in [0.29, 0.717) is 12.2 Å². The summed E-state index contributed by atoms with van der Waals surface area (Å²) in [5, 5.41) is 3.38. The standard InChI is InChI=1S/C17H21F2N5O4/c1-26-17(27-2)5-6-23(10-15(17)19)14-4-3-11(7-13(14)18)24-9-12(8-21-22-20)28-16(24)25/h3-4,7,12,15H,5-6,8-10H2,1-2H3/t12-,15?/m1/s1. The van der Waals surface area contributed by atoms with Crippen LogP contribution in [0.1, 0.15) is 6.42 Å². The number of alkyl halides is 1. The molecule has 0 radical (unpaired) electrons. The van der Waals surface area contributed by atoms with E-state index >= 15 is 0 Å². The molecule has 1 unspecified atom stereocenters. The van der Waals surface area contributed by atoms with E-state index in [2.05, 4.69) is 10.0 Å². The number of anilines is 2. The number of carbonyl (C=O) groups is 1. The molecule has 11 heteroatoms. The van der Waals surface area contributed by atoms with Gasteiger partial charge in [0, 0.05) is 32.1 Å². The summed E-state index contributed by atoms with van der Waals surface area (Å²) in [6.07, 6.45) is -2.44. The average molecular weight is 397 g/mol. The molecule has 0 saturated carbocycles. The number of carbonyl (C=O) groups excluding carboxylic acids is 1. The predicted molar refractivity (Wildman–Crippen MR) is 96.5 cm³/mol. The van der Waals surface area contributed by atoms with Crippen LogP contribution in [-0.2, 0) is 14.2 Å². The Balaban J connectivity index is 1.73. The molecular weight excluding hydrogens is 376 g/mol. The minimum Gasteiger partial charge on any atom is -0.444 e. The van der Waals surface area contributed by atoms with E-state index in [1.807, 2.05) is 0 Å². The highest BCUT2D eigenvalue weighted by atomic mass is 19.1. The lowest BCUT2D eigenvalue weighted by atomic mass is 10.0. The van der Waals surface area contributed by atoms with Gasteiger partial charge in [0.05, 0.1) is 31.0 Å². The van der Waals surface area contributed by atoms with Crippen molar-refractivity contribution in [1.29, 1.82) is 0 Å². The fourth-order valence-electron chi connectivity index (χ4n) is 3.51. The lowest BCUT2D eigenvalue weighted by Crippen LogP contribution is -2.56. The molecule has 0 aliphatic carbocycles. The fraction of sp³-hybridized carbons (Fsp3) is 0.588. The third-order valence-electron chi connectivity index (χ3n) is 5.09. The van der Waals surface area contributed by atoms with E-state index in [9.17, 15) is 13.6 Å². The second-order valence-electron chi connectivity index (χ2n) is 6.55. The number of nitrogens with zero attached hydrogens (tertiary/aromatic N) is 5. The van der Waals surface area contributed by atoms with Crippen molar-refractivity contribution in [2.45, 2.75) is 24.5 Å². The number of ether oxygens (including phenoxy) is 3.